The Morgan fingerprint density at radius 2 is 2.11 bits per heavy atom. The summed E-state index contributed by atoms with van der Waals surface area (Å²) in [6.07, 6.45) is 3.40. The molecule has 1 fully saturated rings. The summed E-state index contributed by atoms with van der Waals surface area (Å²) in [6.45, 7) is 0.692. The molecule has 4 rings (SSSR count). The van der Waals surface area contributed by atoms with Gasteiger partial charge in [-0.3, -0.25) is 4.79 Å². The van der Waals surface area contributed by atoms with E-state index < -0.39 is 6.43 Å². The van der Waals surface area contributed by atoms with Gasteiger partial charge in [0.05, 0.1) is 17.1 Å². The second-order valence-corrected chi connectivity index (χ2v) is 7.06. The number of amides is 1. The van der Waals surface area contributed by atoms with E-state index in [9.17, 15) is 13.6 Å². The lowest BCUT2D eigenvalue weighted by atomic mass is 10.0. The van der Waals surface area contributed by atoms with E-state index in [1.807, 2.05) is 24.2 Å². The van der Waals surface area contributed by atoms with Crippen molar-refractivity contribution in [1.29, 1.82) is 0 Å². The predicted molar refractivity (Wildman–Crippen MR) is 98.7 cm³/mol. The monoisotopic (exact) mass is 372 g/mol. The van der Waals surface area contributed by atoms with Gasteiger partial charge in [0.15, 0.2) is 5.82 Å². The van der Waals surface area contributed by atoms with Crippen LogP contribution in [0.5, 0.6) is 0 Å². The van der Waals surface area contributed by atoms with Crippen LogP contribution in [0, 0.1) is 0 Å². The first kappa shape index (κ1) is 17.7. The van der Waals surface area contributed by atoms with E-state index in [-0.39, 0.29) is 17.8 Å². The molecule has 3 heterocycles. The van der Waals surface area contributed by atoms with Gasteiger partial charge in [-0.1, -0.05) is 12.8 Å². The molecule has 0 spiro atoms. The molecule has 3 aromatic rings. The van der Waals surface area contributed by atoms with Crippen LogP contribution in [0.3, 0.4) is 0 Å². The molecule has 1 aliphatic heterocycles. The van der Waals surface area contributed by atoms with E-state index >= 15 is 0 Å². The minimum atomic E-state index is -2.66. The van der Waals surface area contributed by atoms with Gasteiger partial charge in [0, 0.05) is 31.0 Å². The van der Waals surface area contributed by atoms with Crippen molar-refractivity contribution in [3.8, 4) is 0 Å². The van der Waals surface area contributed by atoms with E-state index in [1.165, 1.54) is 0 Å². The predicted octanol–water partition coefficient (Wildman–Crippen LogP) is 4.60. The molecule has 142 valence electrons. The van der Waals surface area contributed by atoms with Crippen LogP contribution < -0.4 is 0 Å². The van der Waals surface area contributed by atoms with Crippen LogP contribution in [0.2, 0.25) is 0 Å². The van der Waals surface area contributed by atoms with Crippen molar-refractivity contribution in [3.05, 3.63) is 53.6 Å². The summed E-state index contributed by atoms with van der Waals surface area (Å²) in [7, 11) is 1.99. The maximum Gasteiger partial charge on any atom is 0.295 e. The Hall–Kier alpha value is -2.70. The highest BCUT2D eigenvalue weighted by atomic mass is 19.3. The number of hydrogen-bond donors (Lipinski definition) is 1. The van der Waals surface area contributed by atoms with Crippen LogP contribution in [-0.2, 0) is 7.05 Å². The summed E-state index contributed by atoms with van der Waals surface area (Å²) in [5, 5.41) is 0. The highest BCUT2D eigenvalue weighted by Crippen LogP contribution is 2.32. The number of carbonyl (C=O) groups is 1. The van der Waals surface area contributed by atoms with Crippen LogP contribution >= 0.6 is 0 Å². The lowest BCUT2D eigenvalue weighted by Crippen LogP contribution is -2.35. The Kier molecular flexibility index (Phi) is 4.68. The Morgan fingerprint density at radius 1 is 1.26 bits per heavy atom. The SMILES string of the molecule is Cn1cccc1C1CCCCCN1C(=O)c1ccc2nc(C(F)F)[nH]c2c1. The lowest BCUT2D eigenvalue weighted by Gasteiger charge is -2.30. The molecular weight excluding hydrogens is 350 g/mol. The van der Waals surface area contributed by atoms with Gasteiger partial charge in [-0.15, -0.1) is 0 Å². The van der Waals surface area contributed by atoms with Crippen LogP contribution in [0.25, 0.3) is 11.0 Å². The van der Waals surface area contributed by atoms with Gasteiger partial charge in [0.2, 0.25) is 0 Å². The quantitative estimate of drug-likeness (QED) is 0.731. The van der Waals surface area contributed by atoms with Crippen molar-refractivity contribution in [2.75, 3.05) is 6.54 Å². The van der Waals surface area contributed by atoms with Gasteiger partial charge in [-0.05, 0) is 43.2 Å². The molecule has 0 radical (unpaired) electrons. The standard InChI is InChI=1S/C20H22F2N4O/c1-25-10-5-7-16(25)17-6-3-2-4-11-26(17)20(27)13-8-9-14-15(12-13)24-19(23-14)18(21)22/h5,7-10,12,17-18H,2-4,6,11H2,1H3,(H,23,24). The first-order chi connectivity index (χ1) is 13.0. The van der Waals surface area contributed by atoms with Gasteiger partial charge >= 0.3 is 0 Å². The second-order valence-electron chi connectivity index (χ2n) is 7.06. The molecule has 2 aromatic heterocycles. The van der Waals surface area contributed by atoms with E-state index in [2.05, 4.69) is 20.6 Å². The van der Waals surface area contributed by atoms with Crippen LogP contribution in [-0.4, -0.2) is 31.9 Å². The number of H-pyrrole nitrogens is 1. The minimum Gasteiger partial charge on any atom is -0.353 e. The van der Waals surface area contributed by atoms with E-state index in [4.69, 9.17) is 0 Å². The average Bonchev–Trinajstić information content (AvgIpc) is 3.20. The summed E-state index contributed by atoms with van der Waals surface area (Å²) in [5.41, 5.74) is 2.51. The number of nitrogens with one attached hydrogen (secondary N) is 1. The summed E-state index contributed by atoms with van der Waals surface area (Å²) >= 11 is 0. The maximum absolute atomic E-state index is 13.3. The fourth-order valence-corrected chi connectivity index (χ4v) is 3.91. The first-order valence-corrected chi connectivity index (χ1v) is 9.24. The van der Waals surface area contributed by atoms with Crippen LogP contribution in [0.1, 0.15) is 60.0 Å². The lowest BCUT2D eigenvalue weighted by molar-refractivity contribution is 0.0674. The number of halogens is 2. The normalized spacial score (nSPS) is 18.2. The topological polar surface area (TPSA) is 53.9 Å². The molecule has 1 N–H and O–H groups in total. The number of benzene rings is 1. The molecule has 5 nitrogen and oxygen atoms in total. The van der Waals surface area contributed by atoms with E-state index in [0.717, 1.165) is 31.4 Å². The molecule has 1 saturated heterocycles. The molecule has 0 saturated carbocycles. The Morgan fingerprint density at radius 3 is 2.85 bits per heavy atom. The molecular formula is C20H22F2N4O. The fraction of sp³-hybridized carbons (Fsp3) is 0.400. The number of alkyl halides is 2. The number of fused-ring (bicyclic) bond motifs is 1. The average molecular weight is 372 g/mol. The molecule has 1 unspecified atom stereocenters. The summed E-state index contributed by atoms with van der Waals surface area (Å²) in [5.74, 6) is -0.441. The summed E-state index contributed by atoms with van der Waals surface area (Å²) in [4.78, 5) is 21.7. The first-order valence-electron chi connectivity index (χ1n) is 9.24. The highest BCUT2D eigenvalue weighted by molar-refractivity contribution is 5.97. The number of hydrogen-bond acceptors (Lipinski definition) is 2. The van der Waals surface area contributed by atoms with Crippen molar-refractivity contribution in [2.45, 2.75) is 38.2 Å². The van der Waals surface area contributed by atoms with Crippen molar-refractivity contribution < 1.29 is 13.6 Å². The van der Waals surface area contributed by atoms with Crippen LogP contribution in [0.4, 0.5) is 8.78 Å². The fourth-order valence-electron chi connectivity index (χ4n) is 3.91. The summed E-state index contributed by atoms with van der Waals surface area (Å²) in [6, 6.07) is 9.00. The van der Waals surface area contributed by atoms with E-state index in [1.54, 1.807) is 18.2 Å². The van der Waals surface area contributed by atoms with Gasteiger partial charge in [-0.25, -0.2) is 13.8 Å². The van der Waals surface area contributed by atoms with Gasteiger partial charge in [0.1, 0.15) is 0 Å². The molecule has 27 heavy (non-hydrogen) atoms. The Balaban J connectivity index is 1.68. The Labute approximate surface area is 156 Å². The zero-order valence-corrected chi connectivity index (χ0v) is 15.2. The third kappa shape index (κ3) is 3.34. The highest BCUT2D eigenvalue weighted by Gasteiger charge is 2.29. The van der Waals surface area contributed by atoms with Crippen molar-refractivity contribution in [3.63, 3.8) is 0 Å². The maximum atomic E-state index is 13.3. The minimum absolute atomic E-state index is 0.0223. The number of carbonyl (C=O) groups excluding carboxylic acids is 1. The third-order valence-corrected chi connectivity index (χ3v) is 5.29. The molecule has 1 aromatic carbocycles. The van der Waals surface area contributed by atoms with Crippen LogP contribution in [0.15, 0.2) is 36.5 Å². The number of aryl methyl sites for hydroxylation is 1. The number of rotatable bonds is 3. The Bertz CT molecular complexity index is 962. The molecule has 1 aliphatic rings. The number of aromatic nitrogens is 3. The van der Waals surface area contributed by atoms with Crippen molar-refractivity contribution >= 4 is 16.9 Å². The van der Waals surface area contributed by atoms with Gasteiger partial charge in [0.25, 0.3) is 12.3 Å². The second kappa shape index (κ2) is 7.13. The number of likely N-dealkylation sites (tertiary alicyclic amines) is 1. The zero-order chi connectivity index (χ0) is 19.0. The molecule has 1 amide bonds. The van der Waals surface area contributed by atoms with E-state index in [0.29, 0.717) is 23.1 Å². The molecule has 1 atom stereocenters. The number of aromatic amines is 1. The molecule has 0 aliphatic carbocycles. The molecule has 7 heteroatoms. The van der Waals surface area contributed by atoms with Crippen molar-refractivity contribution in [2.24, 2.45) is 7.05 Å². The zero-order valence-electron chi connectivity index (χ0n) is 15.2. The number of imidazole rings is 1. The van der Waals surface area contributed by atoms with Crippen molar-refractivity contribution in [1.82, 2.24) is 19.4 Å². The molecule has 0 bridgehead atoms. The van der Waals surface area contributed by atoms with Gasteiger partial charge < -0.3 is 14.5 Å². The smallest absolute Gasteiger partial charge is 0.295 e. The largest absolute Gasteiger partial charge is 0.353 e. The van der Waals surface area contributed by atoms with Gasteiger partial charge in [-0.2, -0.15) is 0 Å². The summed E-state index contributed by atoms with van der Waals surface area (Å²) < 4.78 is 27.8. The number of nitrogens with zero attached hydrogens (tertiary/aromatic N) is 3. The third-order valence-electron chi connectivity index (χ3n) is 5.29.